The van der Waals surface area contributed by atoms with Crippen molar-refractivity contribution in [2.45, 2.75) is 51.5 Å². The predicted molar refractivity (Wildman–Crippen MR) is 90.5 cm³/mol. The van der Waals surface area contributed by atoms with Gasteiger partial charge in [0.1, 0.15) is 5.82 Å². The standard InChI is InChI=1S/C18H23N3O2/c1-2-3-12-19-17(22)11-10-16-20-15-7-5-4-6-14(15)18(23)21(16)13-8-9-13/h4-7,13H,2-3,8-12H2,1H3,(H,19,22). The van der Waals surface area contributed by atoms with Gasteiger partial charge >= 0.3 is 0 Å². The molecule has 1 aliphatic carbocycles. The number of unbranched alkanes of at least 4 members (excludes halogenated alkanes) is 1. The molecule has 1 heterocycles. The maximum atomic E-state index is 12.7. The number of hydrogen-bond donors (Lipinski definition) is 1. The summed E-state index contributed by atoms with van der Waals surface area (Å²) < 4.78 is 1.81. The van der Waals surface area contributed by atoms with Crippen LogP contribution in [0.2, 0.25) is 0 Å². The molecule has 1 aromatic heterocycles. The minimum atomic E-state index is 0.0273. The number of aromatic nitrogens is 2. The quantitative estimate of drug-likeness (QED) is 0.799. The number of amides is 1. The van der Waals surface area contributed by atoms with Crippen LogP contribution in [0.3, 0.4) is 0 Å². The van der Waals surface area contributed by atoms with Crippen LogP contribution in [-0.2, 0) is 11.2 Å². The second-order valence-electron chi connectivity index (χ2n) is 6.16. The normalized spacial score (nSPS) is 14.1. The van der Waals surface area contributed by atoms with Gasteiger partial charge in [-0.3, -0.25) is 14.2 Å². The van der Waals surface area contributed by atoms with Crippen LogP contribution in [0.4, 0.5) is 0 Å². The Balaban J connectivity index is 1.81. The first kappa shape index (κ1) is 15.7. The van der Waals surface area contributed by atoms with E-state index >= 15 is 0 Å². The summed E-state index contributed by atoms with van der Waals surface area (Å²) in [6.07, 6.45) is 4.99. The first-order valence-electron chi connectivity index (χ1n) is 8.47. The van der Waals surface area contributed by atoms with Gasteiger partial charge in [-0.2, -0.15) is 0 Å². The molecule has 0 unspecified atom stereocenters. The van der Waals surface area contributed by atoms with Crippen molar-refractivity contribution in [1.82, 2.24) is 14.9 Å². The van der Waals surface area contributed by atoms with E-state index in [-0.39, 0.29) is 17.5 Å². The summed E-state index contributed by atoms with van der Waals surface area (Å²) in [5.74, 6) is 0.769. The van der Waals surface area contributed by atoms with Crippen molar-refractivity contribution < 1.29 is 4.79 Å². The Labute approximate surface area is 135 Å². The topological polar surface area (TPSA) is 64.0 Å². The highest BCUT2D eigenvalue weighted by Gasteiger charge is 2.28. The van der Waals surface area contributed by atoms with Crippen LogP contribution in [0.15, 0.2) is 29.1 Å². The van der Waals surface area contributed by atoms with Crippen LogP contribution >= 0.6 is 0 Å². The molecular weight excluding hydrogens is 290 g/mol. The maximum Gasteiger partial charge on any atom is 0.261 e. The maximum absolute atomic E-state index is 12.7. The van der Waals surface area contributed by atoms with Crippen LogP contribution in [0.1, 0.15) is 50.9 Å². The highest BCUT2D eigenvalue weighted by Crippen LogP contribution is 2.34. The lowest BCUT2D eigenvalue weighted by Crippen LogP contribution is -2.28. The molecule has 0 bridgehead atoms. The summed E-state index contributed by atoms with van der Waals surface area (Å²) in [5, 5.41) is 3.58. The number of nitrogens with zero attached hydrogens (tertiary/aromatic N) is 2. The SMILES string of the molecule is CCCCNC(=O)CCc1nc2ccccc2c(=O)n1C1CC1. The fourth-order valence-electron chi connectivity index (χ4n) is 2.80. The molecule has 2 aromatic rings. The Morgan fingerprint density at radius 3 is 2.87 bits per heavy atom. The molecule has 1 aliphatic rings. The van der Waals surface area contributed by atoms with Gasteiger partial charge in [-0.1, -0.05) is 25.5 Å². The van der Waals surface area contributed by atoms with Crippen molar-refractivity contribution in [3.63, 3.8) is 0 Å². The Bertz CT molecular complexity index is 762. The molecule has 0 aliphatic heterocycles. The third-order valence-electron chi connectivity index (χ3n) is 4.22. The number of fused-ring (bicyclic) bond motifs is 1. The molecule has 5 nitrogen and oxygen atoms in total. The summed E-state index contributed by atoms with van der Waals surface area (Å²) >= 11 is 0. The highest BCUT2D eigenvalue weighted by molar-refractivity contribution is 5.78. The van der Waals surface area contributed by atoms with E-state index in [4.69, 9.17) is 0 Å². The molecule has 1 amide bonds. The lowest BCUT2D eigenvalue weighted by Gasteiger charge is -2.12. The van der Waals surface area contributed by atoms with Gasteiger partial charge in [0.05, 0.1) is 10.9 Å². The number of carbonyl (C=O) groups is 1. The molecular formula is C18H23N3O2. The van der Waals surface area contributed by atoms with Gasteiger partial charge in [-0.05, 0) is 31.4 Å². The molecule has 0 atom stereocenters. The zero-order chi connectivity index (χ0) is 16.2. The third kappa shape index (κ3) is 3.60. The van der Waals surface area contributed by atoms with Crippen molar-refractivity contribution in [3.8, 4) is 0 Å². The fraction of sp³-hybridized carbons (Fsp3) is 0.500. The molecule has 1 saturated carbocycles. The van der Waals surface area contributed by atoms with E-state index in [1.807, 2.05) is 28.8 Å². The average molecular weight is 313 g/mol. The Kier molecular flexibility index (Phi) is 4.74. The molecule has 3 rings (SSSR count). The van der Waals surface area contributed by atoms with E-state index in [9.17, 15) is 9.59 Å². The summed E-state index contributed by atoms with van der Waals surface area (Å²) in [6.45, 7) is 2.81. The first-order valence-corrected chi connectivity index (χ1v) is 8.47. The van der Waals surface area contributed by atoms with Gasteiger partial charge in [-0.15, -0.1) is 0 Å². The van der Waals surface area contributed by atoms with Gasteiger partial charge in [-0.25, -0.2) is 4.98 Å². The van der Waals surface area contributed by atoms with Crippen molar-refractivity contribution in [3.05, 3.63) is 40.4 Å². The first-order chi connectivity index (χ1) is 11.2. The second-order valence-corrected chi connectivity index (χ2v) is 6.16. The van der Waals surface area contributed by atoms with Crippen LogP contribution in [0.25, 0.3) is 10.9 Å². The number of aryl methyl sites for hydroxylation is 1. The molecule has 0 saturated heterocycles. The molecule has 1 N–H and O–H groups in total. The van der Waals surface area contributed by atoms with Gasteiger partial charge < -0.3 is 5.32 Å². The van der Waals surface area contributed by atoms with Gasteiger partial charge in [0.25, 0.3) is 5.56 Å². The van der Waals surface area contributed by atoms with Crippen LogP contribution < -0.4 is 10.9 Å². The van der Waals surface area contributed by atoms with Crippen molar-refractivity contribution in [2.75, 3.05) is 6.54 Å². The number of para-hydroxylation sites is 1. The molecule has 0 radical (unpaired) electrons. The van der Waals surface area contributed by atoms with E-state index in [0.29, 0.717) is 18.2 Å². The smallest absolute Gasteiger partial charge is 0.261 e. The third-order valence-corrected chi connectivity index (χ3v) is 4.22. The second kappa shape index (κ2) is 6.94. The van der Waals surface area contributed by atoms with E-state index in [1.165, 1.54) is 0 Å². The molecule has 1 aromatic carbocycles. The largest absolute Gasteiger partial charge is 0.356 e. The number of benzene rings is 1. The lowest BCUT2D eigenvalue weighted by molar-refractivity contribution is -0.121. The Morgan fingerprint density at radius 2 is 2.13 bits per heavy atom. The van der Waals surface area contributed by atoms with Crippen molar-refractivity contribution in [1.29, 1.82) is 0 Å². The summed E-state index contributed by atoms with van der Waals surface area (Å²) in [7, 11) is 0. The predicted octanol–water partition coefficient (Wildman–Crippen LogP) is 2.58. The summed E-state index contributed by atoms with van der Waals surface area (Å²) in [4.78, 5) is 29.3. The average Bonchev–Trinajstić information content (AvgIpc) is 3.38. The minimum absolute atomic E-state index is 0.0273. The Morgan fingerprint density at radius 1 is 1.35 bits per heavy atom. The summed E-state index contributed by atoms with van der Waals surface area (Å²) in [5.41, 5.74) is 0.746. The van der Waals surface area contributed by atoms with Gasteiger partial charge in [0, 0.05) is 25.4 Å². The number of carbonyl (C=O) groups excluding carboxylic acids is 1. The minimum Gasteiger partial charge on any atom is -0.356 e. The van der Waals surface area contributed by atoms with E-state index in [0.717, 1.165) is 43.6 Å². The fourth-order valence-corrected chi connectivity index (χ4v) is 2.80. The number of nitrogens with one attached hydrogen (secondary N) is 1. The lowest BCUT2D eigenvalue weighted by atomic mass is 10.2. The van der Waals surface area contributed by atoms with Crippen LogP contribution in [0.5, 0.6) is 0 Å². The van der Waals surface area contributed by atoms with Crippen LogP contribution in [-0.4, -0.2) is 22.0 Å². The molecule has 23 heavy (non-hydrogen) atoms. The van der Waals surface area contributed by atoms with Crippen molar-refractivity contribution in [2.24, 2.45) is 0 Å². The van der Waals surface area contributed by atoms with Crippen LogP contribution in [0, 0.1) is 0 Å². The van der Waals surface area contributed by atoms with E-state index < -0.39 is 0 Å². The zero-order valence-corrected chi connectivity index (χ0v) is 13.5. The van der Waals surface area contributed by atoms with Gasteiger partial charge in [0.2, 0.25) is 5.91 Å². The van der Waals surface area contributed by atoms with E-state index in [2.05, 4.69) is 17.2 Å². The zero-order valence-electron chi connectivity index (χ0n) is 13.5. The highest BCUT2D eigenvalue weighted by atomic mass is 16.1. The Hall–Kier alpha value is -2.17. The number of hydrogen-bond acceptors (Lipinski definition) is 3. The molecule has 0 spiro atoms. The number of rotatable bonds is 7. The van der Waals surface area contributed by atoms with Gasteiger partial charge in [0.15, 0.2) is 0 Å². The van der Waals surface area contributed by atoms with E-state index in [1.54, 1.807) is 0 Å². The molecule has 5 heteroatoms. The monoisotopic (exact) mass is 313 g/mol. The summed E-state index contributed by atoms with van der Waals surface area (Å²) in [6, 6.07) is 7.70. The molecule has 1 fully saturated rings. The van der Waals surface area contributed by atoms with Crippen molar-refractivity contribution >= 4 is 16.8 Å². The molecule has 122 valence electrons.